The molecule has 0 saturated heterocycles. The van der Waals surface area contributed by atoms with E-state index in [4.69, 9.17) is 0 Å². The van der Waals surface area contributed by atoms with Gasteiger partial charge in [0.15, 0.2) is 0 Å². The molecule has 1 aliphatic heterocycles. The third kappa shape index (κ3) is 2.99. The van der Waals surface area contributed by atoms with Crippen LogP contribution in [0.5, 0.6) is 0 Å². The maximum atomic E-state index is 2.31. The summed E-state index contributed by atoms with van der Waals surface area (Å²) in [6.07, 6.45) is 2.22. The third-order valence-corrected chi connectivity index (χ3v) is 1.99. The zero-order valence-electron chi connectivity index (χ0n) is 8.13. The van der Waals surface area contributed by atoms with Crippen molar-refractivity contribution >= 4 is 6.34 Å². The van der Waals surface area contributed by atoms with Crippen molar-refractivity contribution in [2.75, 3.05) is 33.5 Å². The van der Waals surface area contributed by atoms with Crippen LogP contribution >= 0.6 is 0 Å². The van der Waals surface area contributed by atoms with Gasteiger partial charge in [0.25, 0.3) is 0 Å². The fraction of sp³-hybridized carbons (Fsp3) is 0.875. The van der Waals surface area contributed by atoms with Gasteiger partial charge in [0.05, 0.1) is 13.1 Å². The monoisotopic (exact) mass is 191 g/mol. The third-order valence-electron chi connectivity index (χ3n) is 1.99. The number of halogens is 1. The molecule has 0 unspecified atom stereocenters. The molecule has 0 aliphatic carbocycles. The summed E-state index contributed by atoms with van der Waals surface area (Å²) in [5.74, 6) is 0. The highest BCUT2D eigenvalue weighted by atomic mass is 35.5. The highest BCUT2D eigenvalue weighted by Gasteiger charge is 2.16. The van der Waals surface area contributed by atoms with Crippen LogP contribution in [-0.2, 0) is 0 Å². The normalized spacial score (nSPS) is 18.6. The standard InChI is InChI=1S/C8H18N3.ClH/c1-4-10-6-9(3)7-11(5-2)8-10;/h8H,4-7H2,1-3H3;1H/q+1;/p-1. The Morgan fingerprint density at radius 1 is 1.42 bits per heavy atom. The second-order valence-electron chi connectivity index (χ2n) is 3.06. The number of hydrogen-bond acceptors (Lipinski definition) is 2. The minimum absolute atomic E-state index is 0. The Hall–Kier alpha value is -0.280. The van der Waals surface area contributed by atoms with Gasteiger partial charge in [-0.15, -0.1) is 0 Å². The molecule has 0 amide bonds. The zero-order chi connectivity index (χ0) is 8.27. The smallest absolute Gasteiger partial charge is 0.236 e. The summed E-state index contributed by atoms with van der Waals surface area (Å²) >= 11 is 0. The Balaban J connectivity index is 0.00000121. The van der Waals surface area contributed by atoms with E-state index in [1.54, 1.807) is 0 Å². The zero-order valence-corrected chi connectivity index (χ0v) is 8.88. The lowest BCUT2D eigenvalue weighted by Gasteiger charge is -2.26. The Morgan fingerprint density at radius 2 is 2.08 bits per heavy atom. The summed E-state index contributed by atoms with van der Waals surface area (Å²) in [7, 11) is 2.15. The van der Waals surface area contributed by atoms with Crippen LogP contribution in [0, 0.1) is 0 Å². The van der Waals surface area contributed by atoms with Gasteiger partial charge in [-0.1, -0.05) is 0 Å². The van der Waals surface area contributed by atoms with Crippen LogP contribution < -0.4 is 12.4 Å². The van der Waals surface area contributed by atoms with E-state index in [1.165, 1.54) is 0 Å². The van der Waals surface area contributed by atoms with Gasteiger partial charge in [0.2, 0.25) is 6.34 Å². The summed E-state index contributed by atoms with van der Waals surface area (Å²) in [4.78, 5) is 4.62. The first-order chi connectivity index (χ1) is 5.26. The number of rotatable bonds is 2. The largest absolute Gasteiger partial charge is 1.00 e. The first kappa shape index (κ1) is 11.7. The quantitative estimate of drug-likeness (QED) is 0.438. The van der Waals surface area contributed by atoms with Crippen LogP contribution in [0.2, 0.25) is 0 Å². The highest BCUT2D eigenvalue weighted by molar-refractivity contribution is 5.49. The predicted octanol–water partition coefficient (Wildman–Crippen LogP) is -2.77. The van der Waals surface area contributed by atoms with Crippen molar-refractivity contribution in [2.24, 2.45) is 0 Å². The Kier molecular flexibility index (Phi) is 5.25. The summed E-state index contributed by atoms with van der Waals surface area (Å²) in [5.41, 5.74) is 0. The van der Waals surface area contributed by atoms with Crippen molar-refractivity contribution in [2.45, 2.75) is 13.8 Å². The van der Waals surface area contributed by atoms with E-state index in [0.29, 0.717) is 0 Å². The molecule has 1 heterocycles. The van der Waals surface area contributed by atoms with E-state index in [1.807, 2.05) is 0 Å². The van der Waals surface area contributed by atoms with E-state index >= 15 is 0 Å². The Morgan fingerprint density at radius 3 is 2.58 bits per heavy atom. The van der Waals surface area contributed by atoms with Crippen molar-refractivity contribution in [3.8, 4) is 0 Å². The van der Waals surface area contributed by atoms with Crippen LogP contribution in [0.15, 0.2) is 0 Å². The molecule has 3 nitrogen and oxygen atoms in total. The second-order valence-corrected chi connectivity index (χ2v) is 3.06. The molecule has 0 spiro atoms. The molecule has 1 aliphatic rings. The Bertz CT molecular complexity index is 158. The van der Waals surface area contributed by atoms with E-state index in [9.17, 15) is 0 Å². The van der Waals surface area contributed by atoms with E-state index in [2.05, 4.69) is 41.6 Å². The van der Waals surface area contributed by atoms with Gasteiger partial charge >= 0.3 is 0 Å². The van der Waals surface area contributed by atoms with Crippen molar-refractivity contribution in [1.29, 1.82) is 0 Å². The summed E-state index contributed by atoms with van der Waals surface area (Å²) in [5, 5.41) is 0. The number of nitrogens with zero attached hydrogens (tertiary/aromatic N) is 3. The molecule has 0 aromatic rings. The topological polar surface area (TPSA) is 9.49 Å². The lowest BCUT2D eigenvalue weighted by molar-refractivity contribution is -0.552. The van der Waals surface area contributed by atoms with Crippen LogP contribution in [0.1, 0.15) is 13.8 Å². The van der Waals surface area contributed by atoms with Crippen molar-refractivity contribution in [1.82, 2.24) is 9.80 Å². The van der Waals surface area contributed by atoms with E-state index < -0.39 is 0 Å². The molecular weight excluding hydrogens is 174 g/mol. The van der Waals surface area contributed by atoms with Crippen LogP contribution in [0.25, 0.3) is 0 Å². The molecule has 72 valence electrons. The summed E-state index contributed by atoms with van der Waals surface area (Å²) in [6, 6.07) is 0. The van der Waals surface area contributed by atoms with Gasteiger partial charge in [-0.3, -0.25) is 9.48 Å². The van der Waals surface area contributed by atoms with Crippen LogP contribution in [0.3, 0.4) is 0 Å². The second kappa shape index (κ2) is 5.38. The molecule has 0 atom stereocenters. The van der Waals surface area contributed by atoms with Gasteiger partial charge in [-0.2, -0.15) is 0 Å². The van der Waals surface area contributed by atoms with Crippen molar-refractivity contribution in [3.63, 3.8) is 0 Å². The molecule has 0 N–H and O–H groups in total. The predicted molar refractivity (Wildman–Crippen MR) is 46.7 cm³/mol. The molecule has 0 saturated carbocycles. The van der Waals surface area contributed by atoms with Gasteiger partial charge in [0.1, 0.15) is 13.3 Å². The molecular formula is C8H18ClN3. The SMILES string of the molecule is CCN1C=[N+](CC)CN(C)C1.[Cl-]. The van der Waals surface area contributed by atoms with Gasteiger partial charge in [0, 0.05) is 0 Å². The maximum absolute atomic E-state index is 2.31. The highest BCUT2D eigenvalue weighted by Crippen LogP contribution is 1.95. The lowest BCUT2D eigenvalue weighted by Crippen LogP contribution is -3.00. The molecule has 0 radical (unpaired) electrons. The van der Waals surface area contributed by atoms with E-state index in [-0.39, 0.29) is 12.4 Å². The van der Waals surface area contributed by atoms with Crippen LogP contribution in [0.4, 0.5) is 0 Å². The fourth-order valence-electron chi connectivity index (χ4n) is 1.33. The molecule has 0 aromatic heterocycles. The summed E-state index contributed by atoms with van der Waals surface area (Å²) < 4.78 is 2.31. The maximum Gasteiger partial charge on any atom is 0.236 e. The molecule has 4 heteroatoms. The first-order valence-electron chi connectivity index (χ1n) is 4.28. The summed E-state index contributed by atoms with van der Waals surface area (Å²) in [6.45, 7) is 8.69. The number of hydrogen-bond donors (Lipinski definition) is 0. The first-order valence-corrected chi connectivity index (χ1v) is 4.28. The molecule has 0 fully saturated rings. The van der Waals surface area contributed by atoms with Crippen LogP contribution in [-0.4, -0.2) is 54.2 Å². The minimum atomic E-state index is 0. The van der Waals surface area contributed by atoms with Gasteiger partial charge < -0.3 is 12.4 Å². The molecule has 0 aromatic carbocycles. The van der Waals surface area contributed by atoms with Gasteiger partial charge in [-0.25, -0.2) is 4.90 Å². The lowest BCUT2D eigenvalue weighted by atomic mass is 10.5. The average Bonchev–Trinajstić information content (AvgIpc) is 2.03. The molecule has 12 heavy (non-hydrogen) atoms. The Labute approximate surface area is 81.1 Å². The van der Waals surface area contributed by atoms with Gasteiger partial charge in [-0.05, 0) is 20.9 Å². The molecule has 0 bridgehead atoms. The van der Waals surface area contributed by atoms with E-state index in [0.717, 1.165) is 26.4 Å². The average molecular weight is 192 g/mol. The fourth-order valence-corrected chi connectivity index (χ4v) is 1.33. The van der Waals surface area contributed by atoms with Crippen molar-refractivity contribution in [3.05, 3.63) is 0 Å². The molecule has 1 rings (SSSR count). The minimum Gasteiger partial charge on any atom is -1.00 e. The van der Waals surface area contributed by atoms with Crippen molar-refractivity contribution < 1.29 is 17.0 Å².